The van der Waals surface area contributed by atoms with Gasteiger partial charge in [0.25, 0.3) is 5.91 Å². The van der Waals surface area contributed by atoms with Crippen molar-refractivity contribution in [1.29, 1.82) is 0 Å². The zero-order valence-electron chi connectivity index (χ0n) is 13.6. The van der Waals surface area contributed by atoms with Gasteiger partial charge >= 0.3 is 0 Å². The lowest BCUT2D eigenvalue weighted by Crippen LogP contribution is -2.22. The Balaban J connectivity index is 1.71. The minimum Gasteiger partial charge on any atom is -0.480 e. The highest BCUT2D eigenvalue weighted by molar-refractivity contribution is 5.95. The second-order valence-electron chi connectivity index (χ2n) is 5.35. The fourth-order valence-corrected chi connectivity index (χ4v) is 2.29. The van der Waals surface area contributed by atoms with Crippen LogP contribution >= 0.6 is 0 Å². The molecular weight excluding hydrogens is 321 g/mol. The monoisotopic (exact) mass is 337 g/mol. The number of carbonyl (C=O) groups is 1. The first-order chi connectivity index (χ1) is 12.2. The maximum Gasteiger partial charge on any atom is 0.251 e. The van der Waals surface area contributed by atoms with E-state index in [0.717, 1.165) is 11.1 Å². The van der Waals surface area contributed by atoms with E-state index in [4.69, 9.17) is 4.74 Å². The van der Waals surface area contributed by atoms with Gasteiger partial charge in [-0.3, -0.25) is 4.79 Å². The number of nitrogens with zero attached hydrogens (tertiary/aromatic N) is 2. The molecule has 0 spiro atoms. The predicted octanol–water partition coefficient (Wildman–Crippen LogP) is 3.22. The molecule has 1 amide bonds. The second-order valence-corrected chi connectivity index (χ2v) is 5.35. The van der Waals surface area contributed by atoms with Gasteiger partial charge < -0.3 is 10.1 Å². The largest absolute Gasteiger partial charge is 0.480 e. The number of hydrogen-bond donors (Lipinski definition) is 1. The molecule has 5 nitrogen and oxygen atoms in total. The van der Waals surface area contributed by atoms with Crippen LogP contribution in [0.15, 0.2) is 60.7 Å². The van der Waals surface area contributed by atoms with Crippen molar-refractivity contribution < 1.29 is 13.9 Å². The highest BCUT2D eigenvalue weighted by Crippen LogP contribution is 2.19. The summed E-state index contributed by atoms with van der Waals surface area (Å²) in [5.41, 5.74) is 2.77. The zero-order chi connectivity index (χ0) is 17.6. The van der Waals surface area contributed by atoms with Gasteiger partial charge in [-0.2, -0.15) is 0 Å². The van der Waals surface area contributed by atoms with Crippen LogP contribution < -0.4 is 10.1 Å². The average molecular weight is 337 g/mol. The molecule has 0 saturated carbocycles. The standard InChI is InChI=1S/C19H16FN3O2/c1-25-18-10-9-17(22-23-18)14-3-2-4-15(11-14)19(24)21-12-13-5-7-16(20)8-6-13/h2-11H,12H2,1H3,(H,21,24). The summed E-state index contributed by atoms with van der Waals surface area (Å²) in [7, 11) is 1.52. The summed E-state index contributed by atoms with van der Waals surface area (Å²) < 4.78 is 17.9. The van der Waals surface area contributed by atoms with Crippen LogP contribution in [0.1, 0.15) is 15.9 Å². The highest BCUT2D eigenvalue weighted by Gasteiger charge is 2.08. The quantitative estimate of drug-likeness (QED) is 0.776. The Morgan fingerprint density at radius 3 is 2.56 bits per heavy atom. The van der Waals surface area contributed by atoms with Gasteiger partial charge in [-0.15, -0.1) is 10.2 Å². The van der Waals surface area contributed by atoms with Crippen molar-refractivity contribution >= 4 is 5.91 Å². The fraction of sp³-hybridized carbons (Fsp3) is 0.105. The Labute approximate surface area is 144 Å². The van der Waals surface area contributed by atoms with E-state index >= 15 is 0 Å². The SMILES string of the molecule is COc1ccc(-c2cccc(C(=O)NCc3ccc(F)cc3)c2)nn1. The van der Waals surface area contributed by atoms with Gasteiger partial charge in [0.2, 0.25) is 5.88 Å². The number of methoxy groups -OCH3 is 1. The second kappa shape index (κ2) is 7.53. The van der Waals surface area contributed by atoms with Crippen molar-refractivity contribution in [2.45, 2.75) is 6.54 Å². The lowest BCUT2D eigenvalue weighted by Gasteiger charge is -2.07. The molecule has 126 valence electrons. The predicted molar refractivity (Wildman–Crippen MR) is 91.6 cm³/mol. The summed E-state index contributed by atoms with van der Waals surface area (Å²) in [6.45, 7) is 0.325. The number of halogens is 1. The molecule has 1 N–H and O–H groups in total. The number of nitrogens with one attached hydrogen (secondary N) is 1. The molecule has 0 unspecified atom stereocenters. The molecule has 1 aromatic heterocycles. The van der Waals surface area contributed by atoms with Crippen LogP contribution in [0.4, 0.5) is 4.39 Å². The van der Waals surface area contributed by atoms with Crippen LogP contribution in [0.3, 0.4) is 0 Å². The molecule has 0 radical (unpaired) electrons. The number of ether oxygens (including phenoxy) is 1. The van der Waals surface area contributed by atoms with Crippen molar-refractivity contribution in [3.8, 4) is 17.1 Å². The van der Waals surface area contributed by atoms with Gasteiger partial charge in [-0.1, -0.05) is 24.3 Å². The molecule has 25 heavy (non-hydrogen) atoms. The number of hydrogen-bond acceptors (Lipinski definition) is 4. The maximum absolute atomic E-state index is 12.9. The van der Waals surface area contributed by atoms with Gasteiger partial charge in [0.1, 0.15) is 5.82 Å². The van der Waals surface area contributed by atoms with E-state index in [2.05, 4.69) is 15.5 Å². The van der Waals surface area contributed by atoms with Gasteiger partial charge in [0.05, 0.1) is 12.8 Å². The molecule has 6 heteroatoms. The maximum atomic E-state index is 12.9. The third-order valence-corrected chi connectivity index (χ3v) is 3.64. The van der Waals surface area contributed by atoms with Crippen molar-refractivity contribution in [1.82, 2.24) is 15.5 Å². The topological polar surface area (TPSA) is 64.1 Å². The molecule has 0 saturated heterocycles. The van der Waals surface area contributed by atoms with E-state index in [1.807, 2.05) is 6.07 Å². The zero-order valence-corrected chi connectivity index (χ0v) is 13.6. The van der Waals surface area contributed by atoms with Crippen molar-refractivity contribution in [3.05, 3.63) is 77.6 Å². The Morgan fingerprint density at radius 2 is 1.88 bits per heavy atom. The molecule has 0 aliphatic rings. The highest BCUT2D eigenvalue weighted by atomic mass is 19.1. The lowest BCUT2D eigenvalue weighted by atomic mass is 10.1. The molecule has 0 bridgehead atoms. The van der Waals surface area contributed by atoms with E-state index < -0.39 is 0 Å². The van der Waals surface area contributed by atoms with E-state index in [1.165, 1.54) is 19.2 Å². The molecule has 3 rings (SSSR count). The Morgan fingerprint density at radius 1 is 1.08 bits per heavy atom. The van der Waals surface area contributed by atoms with Crippen LogP contribution in [0.2, 0.25) is 0 Å². The molecular formula is C19H16FN3O2. The van der Waals surface area contributed by atoms with Crippen LogP contribution in [0.25, 0.3) is 11.3 Å². The normalized spacial score (nSPS) is 10.3. The third kappa shape index (κ3) is 4.17. The number of amides is 1. The first-order valence-electron chi connectivity index (χ1n) is 7.66. The van der Waals surface area contributed by atoms with Crippen LogP contribution in [0, 0.1) is 5.82 Å². The summed E-state index contributed by atoms with van der Waals surface area (Å²) in [5.74, 6) is -0.0898. The van der Waals surface area contributed by atoms with Crippen molar-refractivity contribution in [3.63, 3.8) is 0 Å². The summed E-state index contributed by atoms with van der Waals surface area (Å²) >= 11 is 0. The lowest BCUT2D eigenvalue weighted by molar-refractivity contribution is 0.0951. The van der Waals surface area contributed by atoms with Gasteiger partial charge in [-0.05, 0) is 35.9 Å². The minimum absolute atomic E-state index is 0.215. The first kappa shape index (κ1) is 16.6. The van der Waals surface area contributed by atoms with Crippen LogP contribution in [0.5, 0.6) is 5.88 Å². The van der Waals surface area contributed by atoms with Gasteiger partial charge in [-0.25, -0.2) is 4.39 Å². The molecule has 1 heterocycles. The van der Waals surface area contributed by atoms with E-state index in [1.54, 1.807) is 42.5 Å². The Bertz CT molecular complexity index is 865. The Kier molecular flexibility index (Phi) is 4.99. The molecule has 0 fully saturated rings. The summed E-state index contributed by atoms with van der Waals surface area (Å²) in [4.78, 5) is 12.3. The van der Waals surface area contributed by atoms with E-state index in [9.17, 15) is 9.18 Å². The van der Waals surface area contributed by atoms with Crippen molar-refractivity contribution in [2.24, 2.45) is 0 Å². The summed E-state index contributed by atoms with van der Waals surface area (Å²) in [6.07, 6.45) is 0. The molecule has 3 aromatic rings. The fourth-order valence-electron chi connectivity index (χ4n) is 2.29. The minimum atomic E-state index is -0.302. The van der Waals surface area contributed by atoms with Crippen LogP contribution in [-0.2, 0) is 6.54 Å². The molecule has 0 aliphatic carbocycles. The van der Waals surface area contributed by atoms with E-state index in [0.29, 0.717) is 23.7 Å². The first-order valence-corrected chi connectivity index (χ1v) is 7.66. The van der Waals surface area contributed by atoms with Crippen molar-refractivity contribution in [2.75, 3.05) is 7.11 Å². The molecule has 2 aromatic carbocycles. The van der Waals surface area contributed by atoms with Gasteiger partial charge in [0, 0.05) is 23.7 Å². The average Bonchev–Trinajstić information content (AvgIpc) is 2.67. The van der Waals surface area contributed by atoms with Crippen LogP contribution in [-0.4, -0.2) is 23.2 Å². The smallest absolute Gasteiger partial charge is 0.251 e. The van der Waals surface area contributed by atoms with E-state index in [-0.39, 0.29) is 11.7 Å². The number of carbonyl (C=O) groups excluding carboxylic acids is 1. The summed E-state index contributed by atoms with van der Waals surface area (Å²) in [6, 6.07) is 16.6. The number of aromatic nitrogens is 2. The third-order valence-electron chi connectivity index (χ3n) is 3.64. The number of rotatable bonds is 5. The molecule has 0 atom stereocenters. The Hall–Kier alpha value is -3.28. The summed E-state index contributed by atoms with van der Waals surface area (Å²) in [5, 5.41) is 10.8. The van der Waals surface area contributed by atoms with Gasteiger partial charge in [0.15, 0.2) is 0 Å². The number of benzene rings is 2. The molecule has 0 aliphatic heterocycles.